The normalized spacial score (nSPS) is 12.0. The van der Waals surface area contributed by atoms with Crippen LogP contribution in [0.4, 0.5) is 15.8 Å². The molecule has 2 amide bonds. The van der Waals surface area contributed by atoms with Gasteiger partial charge in [0.25, 0.3) is 5.91 Å². The topological polar surface area (TPSA) is 95.6 Å². The van der Waals surface area contributed by atoms with Crippen LogP contribution in [0.25, 0.3) is 0 Å². The van der Waals surface area contributed by atoms with Gasteiger partial charge in [-0.1, -0.05) is 37.3 Å². The van der Waals surface area contributed by atoms with E-state index in [4.69, 9.17) is 0 Å². The van der Waals surface area contributed by atoms with Gasteiger partial charge in [-0.3, -0.25) is 13.9 Å². The third-order valence-corrected chi connectivity index (χ3v) is 5.42. The summed E-state index contributed by atoms with van der Waals surface area (Å²) in [5.74, 6) is -1.87. The summed E-state index contributed by atoms with van der Waals surface area (Å²) in [4.78, 5) is 25.4. The number of sulfonamides is 1. The lowest BCUT2D eigenvalue weighted by Gasteiger charge is -2.30. The van der Waals surface area contributed by atoms with Gasteiger partial charge in [0.2, 0.25) is 15.9 Å². The van der Waals surface area contributed by atoms with E-state index in [0.717, 1.165) is 16.6 Å². The molecule has 0 saturated carbocycles. The highest BCUT2D eigenvalue weighted by molar-refractivity contribution is 7.92. The first kappa shape index (κ1) is 23.1. The van der Waals surface area contributed by atoms with E-state index in [2.05, 4.69) is 17.2 Å². The molecular formula is C21H24FN3O4S. The summed E-state index contributed by atoms with van der Waals surface area (Å²) < 4.78 is 40.0. The third kappa shape index (κ3) is 5.44. The minimum atomic E-state index is -3.99. The average molecular weight is 434 g/mol. The quantitative estimate of drug-likeness (QED) is 0.595. The van der Waals surface area contributed by atoms with Crippen molar-refractivity contribution in [2.75, 3.05) is 22.4 Å². The number of halogens is 1. The highest BCUT2D eigenvalue weighted by atomic mass is 32.2. The van der Waals surface area contributed by atoms with E-state index in [1.807, 2.05) is 0 Å². The fraction of sp³-hybridized carbons (Fsp3) is 0.238. The monoisotopic (exact) mass is 433 g/mol. The fourth-order valence-electron chi connectivity index (χ4n) is 2.93. The molecule has 0 aromatic heterocycles. The molecular weight excluding hydrogens is 409 g/mol. The first-order valence-corrected chi connectivity index (χ1v) is 11.1. The molecule has 2 N–H and O–H groups in total. The average Bonchev–Trinajstić information content (AvgIpc) is 2.70. The Kier molecular flexibility index (Phi) is 7.71. The molecule has 0 radical (unpaired) electrons. The number of benzene rings is 2. The summed E-state index contributed by atoms with van der Waals surface area (Å²) >= 11 is 0. The molecule has 0 bridgehead atoms. The third-order valence-electron chi connectivity index (χ3n) is 4.26. The van der Waals surface area contributed by atoms with E-state index in [0.29, 0.717) is 0 Å². The first-order valence-electron chi connectivity index (χ1n) is 9.23. The number of carbonyl (C=O) groups excluding carboxylic acids is 2. The molecule has 2 aromatic carbocycles. The smallest absolute Gasteiger partial charge is 0.253 e. The Morgan fingerprint density at radius 3 is 2.40 bits per heavy atom. The predicted octanol–water partition coefficient (Wildman–Crippen LogP) is 2.92. The van der Waals surface area contributed by atoms with Crippen LogP contribution in [0.2, 0.25) is 0 Å². The second kappa shape index (κ2) is 10.0. The molecule has 0 spiro atoms. The van der Waals surface area contributed by atoms with Gasteiger partial charge in [-0.15, -0.1) is 6.58 Å². The van der Waals surface area contributed by atoms with Crippen LogP contribution in [-0.4, -0.2) is 39.1 Å². The van der Waals surface area contributed by atoms with Crippen LogP contribution < -0.4 is 14.9 Å². The number of amides is 2. The zero-order valence-corrected chi connectivity index (χ0v) is 17.6. The summed E-state index contributed by atoms with van der Waals surface area (Å²) in [5.41, 5.74) is 0.197. The van der Waals surface area contributed by atoms with Gasteiger partial charge in [0.15, 0.2) is 0 Å². The number of carbonyl (C=O) groups is 2. The number of hydrogen-bond acceptors (Lipinski definition) is 4. The van der Waals surface area contributed by atoms with Crippen LogP contribution in [0.3, 0.4) is 0 Å². The van der Waals surface area contributed by atoms with E-state index in [-0.39, 0.29) is 29.9 Å². The maximum Gasteiger partial charge on any atom is 0.253 e. The Labute approximate surface area is 175 Å². The molecule has 0 unspecified atom stereocenters. The Balaban J connectivity index is 2.40. The molecule has 1 atom stereocenters. The molecule has 2 aromatic rings. The second-order valence-corrected chi connectivity index (χ2v) is 8.33. The maximum absolute atomic E-state index is 14.3. The zero-order valence-electron chi connectivity index (χ0n) is 16.8. The van der Waals surface area contributed by atoms with Crippen LogP contribution in [0.15, 0.2) is 61.2 Å². The van der Waals surface area contributed by atoms with Crippen molar-refractivity contribution in [1.29, 1.82) is 0 Å². The lowest BCUT2D eigenvalue weighted by atomic mass is 10.1. The van der Waals surface area contributed by atoms with Gasteiger partial charge >= 0.3 is 0 Å². The van der Waals surface area contributed by atoms with Crippen molar-refractivity contribution in [3.05, 3.63) is 72.6 Å². The molecule has 0 aliphatic heterocycles. The fourth-order valence-corrected chi connectivity index (χ4v) is 4.14. The summed E-state index contributed by atoms with van der Waals surface area (Å²) in [6.07, 6.45) is 2.51. The number of hydrogen-bond donors (Lipinski definition) is 2. The Hall–Kier alpha value is -3.20. The van der Waals surface area contributed by atoms with E-state index >= 15 is 0 Å². The highest BCUT2D eigenvalue weighted by Gasteiger charge is 2.33. The van der Waals surface area contributed by atoms with Gasteiger partial charge < -0.3 is 10.6 Å². The van der Waals surface area contributed by atoms with Crippen molar-refractivity contribution in [2.24, 2.45) is 0 Å². The van der Waals surface area contributed by atoms with Gasteiger partial charge in [0.1, 0.15) is 11.9 Å². The van der Waals surface area contributed by atoms with Crippen LogP contribution in [-0.2, 0) is 14.8 Å². The lowest BCUT2D eigenvalue weighted by Crippen LogP contribution is -2.47. The van der Waals surface area contributed by atoms with Crippen LogP contribution in [0, 0.1) is 5.82 Å². The van der Waals surface area contributed by atoms with Gasteiger partial charge in [-0.2, -0.15) is 0 Å². The van der Waals surface area contributed by atoms with Crippen molar-refractivity contribution in [3.63, 3.8) is 0 Å². The molecule has 30 heavy (non-hydrogen) atoms. The molecule has 7 nitrogen and oxygen atoms in total. The Bertz CT molecular complexity index is 1040. The number of nitrogens with one attached hydrogen (secondary N) is 2. The minimum absolute atomic E-state index is 0.0814. The largest absolute Gasteiger partial charge is 0.349 e. The SMILES string of the molecule is C=CCNC(=O)c1ccccc1NC(=O)[C@@H](CC)N(c1ccccc1F)S(C)(=O)=O. The number of rotatable bonds is 9. The molecule has 0 aliphatic carbocycles. The molecule has 0 heterocycles. The van der Waals surface area contributed by atoms with Crippen molar-refractivity contribution in [3.8, 4) is 0 Å². The van der Waals surface area contributed by atoms with Crippen molar-refractivity contribution in [2.45, 2.75) is 19.4 Å². The van der Waals surface area contributed by atoms with Gasteiger partial charge in [0, 0.05) is 6.54 Å². The summed E-state index contributed by atoms with van der Waals surface area (Å²) in [7, 11) is -3.99. The molecule has 0 aliphatic rings. The standard InChI is InChI=1S/C21H24FN3O4S/c1-4-14-23-20(26)15-10-6-8-12-17(15)24-21(27)18(5-2)25(30(3,28)29)19-13-9-7-11-16(19)22/h4,6-13,18H,1,5,14H2,2-3H3,(H,23,26)(H,24,27)/t18-/m1/s1. The number of para-hydroxylation sites is 2. The lowest BCUT2D eigenvalue weighted by molar-refractivity contribution is -0.117. The van der Waals surface area contributed by atoms with E-state index in [1.165, 1.54) is 36.4 Å². The molecule has 2 rings (SSSR count). The molecule has 0 saturated heterocycles. The second-order valence-electron chi connectivity index (χ2n) is 6.47. The van der Waals surface area contributed by atoms with Crippen LogP contribution in [0.5, 0.6) is 0 Å². The van der Waals surface area contributed by atoms with Crippen LogP contribution >= 0.6 is 0 Å². The van der Waals surface area contributed by atoms with Gasteiger partial charge in [-0.05, 0) is 30.7 Å². The minimum Gasteiger partial charge on any atom is -0.349 e. The highest BCUT2D eigenvalue weighted by Crippen LogP contribution is 2.26. The number of nitrogens with zero attached hydrogens (tertiary/aromatic N) is 1. The molecule has 160 valence electrons. The summed E-state index contributed by atoms with van der Waals surface area (Å²) in [6.45, 7) is 5.39. The molecule has 9 heteroatoms. The Morgan fingerprint density at radius 2 is 1.80 bits per heavy atom. The van der Waals surface area contributed by atoms with E-state index < -0.39 is 33.7 Å². The summed E-state index contributed by atoms with van der Waals surface area (Å²) in [5, 5.41) is 5.23. The van der Waals surface area contributed by atoms with Crippen molar-refractivity contribution >= 4 is 33.2 Å². The van der Waals surface area contributed by atoms with E-state index in [1.54, 1.807) is 19.1 Å². The van der Waals surface area contributed by atoms with Gasteiger partial charge in [0.05, 0.1) is 23.2 Å². The van der Waals surface area contributed by atoms with Gasteiger partial charge in [-0.25, -0.2) is 12.8 Å². The van der Waals surface area contributed by atoms with E-state index in [9.17, 15) is 22.4 Å². The zero-order chi connectivity index (χ0) is 22.3. The first-order chi connectivity index (χ1) is 14.2. The van der Waals surface area contributed by atoms with Crippen LogP contribution in [0.1, 0.15) is 23.7 Å². The maximum atomic E-state index is 14.3. The summed E-state index contributed by atoms with van der Waals surface area (Å²) in [6, 6.07) is 10.4. The van der Waals surface area contributed by atoms with Crippen molar-refractivity contribution < 1.29 is 22.4 Å². The Morgan fingerprint density at radius 1 is 1.17 bits per heavy atom. The molecule has 0 fully saturated rings. The predicted molar refractivity (Wildman–Crippen MR) is 115 cm³/mol. The number of anilines is 2. The van der Waals surface area contributed by atoms with Crippen molar-refractivity contribution in [1.82, 2.24) is 5.32 Å².